The van der Waals surface area contributed by atoms with Gasteiger partial charge in [0.25, 0.3) is 0 Å². The highest BCUT2D eigenvalue weighted by Crippen LogP contribution is 2.43. The summed E-state index contributed by atoms with van der Waals surface area (Å²) in [6.07, 6.45) is 42.1. The first-order valence-electron chi connectivity index (χ1n) is 17.0. The van der Waals surface area contributed by atoms with Crippen molar-refractivity contribution in [3.05, 3.63) is 83.6 Å². The number of ether oxygens (including phenoxy) is 1. The second kappa shape index (κ2) is 24.1. The molecule has 1 rings (SSSR count). The molecule has 0 unspecified atom stereocenters. The van der Waals surface area contributed by atoms with E-state index in [1.807, 2.05) is 0 Å². The molecule has 0 N–H and O–H groups in total. The summed E-state index contributed by atoms with van der Waals surface area (Å²) in [4.78, 5) is 12.0. The van der Waals surface area contributed by atoms with Crippen LogP contribution in [0.1, 0.15) is 144 Å². The molecule has 0 radical (unpaired) electrons. The van der Waals surface area contributed by atoms with Crippen LogP contribution in [-0.2, 0) is 9.53 Å². The molecule has 0 saturated carbocycles. The average Bonchev–Trinajstić information content (AvgIpc) is 2.94. The highest BCUT2D eigenvalue weighted by molar-refractivity contribution is 5.69. The maximum atomic E-state index is 12.0. The lowest BCUT2D eigenvalue weighted by Crippen LogP contribution is -2.27. The van der Waals surface area contributed by atoms with Gasteiger partial charge < -0.3 is 4.74 Å². The minimum atomic E-state index is -0.0966. The molecule has 2 heteroatoms. The zero-order valence-corrected chi connectivity index (χ0v) is 28.3. The molecular weight excluding hydrogens is 512 g/mol. The molecule has 0 fully saturated rings. The largest absolute Gasteiger partial charge is 0.461 e. The minimum absolute atomic E-state index is 0.0966. The third-order valence-electron chi connectivity index (χ3n) is 8.49. The SMILES string of the molecule is CCCCC/C=C\C/C=C\C/C=C\C/C=C\CCCC(=O)OC/C=C(\C)CC/C=C(\C)CC[C@@H]1C(C)=CCCC1(C)C. The van der Waals surface area contributed by atoms with E-state index in [0.717, 1.165) is 44.9 Å². The summed E-state index contributed by atoms with van der Waals surface area (Å²) in [6.45, 7) is 14.2. The van der Waals surface area contributed by atoms with Crippen LogP contribution in [0.3, 0.4) is 0 Å². The van der Waals surface area contributed by atoms with E-state index in [1.165, 1.54) is 62.5 Å². The molecule has 1 aliphatic rings. The Morgan fingerprint density at radius 3 is 2.02 bits per heavy atom. The smallest absolute Gasteiger partial charge is 0.306 e. The summed E-state index contributed by atoms with van der Waals surface area (Å²) in [5.41, 5.74) is 4.80. The molecule has 1 aliphatic carbocycles. The number of unbranched alkanes of at least 4 members (excludes halogenated alkanes) is 4. The fraction of sp³-hybridized carbons (Fsp3) is 0.625. The standard InChI is InChI=1S/C40H64O2/c1-7-8-9-10-11-12-13-14-15-16-17-18-19-20-21-22-23-29-39(41)42-34-32-36(3)27-24-26-35(2)30-31-38-37(4)28-25-33-40(38,5)6/h11-12,14-15,17-18,20-21,26,28,32,38H,7-10,13,16,19,22-25,27,29-31,33-34H2,1-6H3/b12-11-,15-14-,18-17-,21-20-,35-26+,36-32+/t38-/m1/s1. The fourth-order valence-corrected chi connectivity index (χ4v) is 5.62. The Morgan fingerprint density at radius 2 is 1.40 bits per heavy atom. The fourth-order valence-electron chi connectivity index (χ4n) is 5.62. The molecule has 0 spiro atoms. The van der Waals surface area contributed by atoms with Gasteiger partial charge in [-0.1, -0.05) is 111 Å². The Bertz CT molecular complexity index is 935. The zero-order chi connectivity index (χ0) is 30.9. The highest BCUT2D eigenvalue weighted by Gasteiger charge is 2.32. The molecule has 0 bridgehead atoms. The van der Waals surface area contributed by atoms with E-state index in [1.54, 1.807) is 5.57 Å². The van der Waals surface area contributed by atoms with Crippen molar-refractivity contribution < 1.29 is 9.53 Å². The molecule has 0 aromatic rings. The number of allylic oxidation sites excluding steroid dienone is 13. The number of hydrogen-bond donors (Lipinski definition) is 0. The zero-order valence-electron chi connectivity index (χ0n) is 28.3. The first-order valence-corrected chi connectivity index (χ1v) is 17.0. The number of carbonyl (C=O) groups is 1. The van der Waals surface area contributed by atoms with Gasteiger partial charge in [0.15, 0.2) is 0 Å². The predicted molar refractivity (Wildman–Crippen MR) is 186 cm³/mol. The van der Waals surface area contributed by atoms with Gasteiger partial charge in [-0.15, -0.1) is 0 Å². The molecule has 0 aromatic carbocycles. The maximum Gasteiger partial charge on any atom is 0.306 e. The van der Waals surface area contributed by atoms with E-state index in [-0.39, 0.29) is 5.97 Å². The van der Waals surface area contributed by atoms with Crippen molar-refractivity contribution >= 4 is 5.97 Å². The van der Waals surface area contributed by atoms with Crippen molar-refractivity contribution in [1.29, 1.82) is 0 Å². The maximum absolute atomic E-state index is 12.0. The molecule has 0 aliphatic heterocycles. The molecule has 0 amide bonds. The van der Waals surface area contributed by atoms with Gasteiger partial charge in [-0.3, -0.25) is 4.79 Å². The number of rotatable bonds is 22. The quantitative estimate of drug-likeness (QED) is 0.0728. The van der Waals surface area contributed by atoms with Crippen LogP contribution in [0.15, 0.2) is 83.6 Å². The van der Waals surface area contributed by atoms with Gasteiger partial charge >= 0.3 is 5.97 Å². The Morgan fingerprint density at radius 1 is 0.810 bits per heavy atom. The van der Waals surface area contributed by atoms with Crippen LogP contribution in [0.2, 0.25) is 0 Å². The van der Waals surface area contributed by atoms with Gasteiger partial charge in [0.2, 0.25) is 0 Å². The van der Waals surface area contributed by atoms with Crippen LogP contribution >= 0.6 is 0 Å². The first-order chi connectivity index (χ1) is 20.3. The molecular formula is C40H64O2. The Labute approximate surface area is 260 Å². The molecule has 42 heavy (non-hydrogen) atoms. The molecule has 0 heterocycles. The van der Waals surface area contributed by atoms with Crippen molar-refractivity contribution in [2.24, 2.45) is 11.3 Å². The van der Waals surface area contributed by atoms with Crippen LogP contribution in [0.4, 0.5) is 0 Å². The molecule has 2 nitrogen and oxygen atoms in total. The van der Waals surface area contributed by atoms with Crippen LogP contribution in [0, 0.1) is 11.3 Å². The topological polar surface area (TPSA) is 26.3 Å². The van der Waals surface area contributed by atoms with Gasteiger partial charge in [0.05, 0.1) is 0 Å². The van der Waals surface area contributed by atoms with E-state index in [2.05, 4.69) is 108 Å². The minimum Gasteiger partial charge on any atom is -0.461 e. The van der Waals surface area contributed by atoms with Crippen molar-refractivity contribution in [1.82, 2.24) is 0 Å². The normalized spacial score (nSPS) is 18.1. The van der Waals surface area contributed by atoms with E-state index < -0.39 is 0 Å². The molecule has 236 valence electrons. The summed E-state index contributed by atoms with van der Waals surface area (Å²) < 4.78 is 5.42. The van der Waals surface area contributed by atoms with Crippen molar-refractivity contribution in [2.45, 2.75) is 144 Å². The lowest BCUT2D eigenvalue weighted by atomic mass is 9.67. The molecule has 0 aromatic heterocycles. The number of esters is 1. The van der Waals surface area contributed by atoms with Gasteiger partial charge in [-0.2, -0.15) is 0 Å². The molecule has 0 saturated heterocycles. The summed E-state index contributed by atoms with van der Waals surface area (Å²) in [6, 6.07) is 0. The summed E-state index contributed by atoms with van der Waals surface area (Å²) >= 11 is 0. The van der Waals surface area contributed by atoms with Crippen molar-refractivity contribution in [3.63, 3.8) is 0 Å². The number of carbonyl (C=O) groups excluding carboxylic acids is 1. The molecule has 1 atom stereocenters. The lowest BCUT2D eigenvalue weighted by molar-refractivity contribution is -0.142. The van der Waals surface area contributed by atoms with Gasteiger partial charge in [0, 0.05) is 6.42 Å². The third kappa shape index (κ3) is 19.7. The Hall–Kier alpha value is -2.35. The van der Waals surface area contributed by atoms with Crippen LogP contribution in [0.25, 0.3) is 0 Å². The van der Waals surface area contributed by atoms with Crippen molar-refractivity contribution in [2.75, 3.05) is 6.61 Å². The van der Waals surface area contributed by atoms with Crippen LogP contribution < -0.4 is 0 Å². The van der Waals surface area contributed by atoms with Gasteiger partial charge in [-0.25, -0.2) is 0 Å². The average molecular weight is 577 g/mol. The van der Waals surface area contributed by atoms with Crippen LogP contribution in [0.5, 0.6) is 0 Å². The number of hydrogen-bond acceptors (Lipinski definition) is 2. The second-order valence-corrected chi connectivity index (χ2v) is 12.9. The summed E-state index contributed by atoms with van der Waals surface area (Å²) in [7, 11) is 0. The van der Waals surface area contributed by atoms with Crippen LogP contribution in [-0.4, -0.2) is 12.6 Å². The van der Waals surface area contributed by atoms with Crippen molar-refractivity contribution in [3.8, 4) is 0 Å². The predicted octanol–water partition coefficient (Wildman–Crippen LogP) is 12.5. The van der Waals surface area contributed by atoms with E-state index in [9.17, 15) is 4.79 Å². The Kier molecular flexibility index (Phi) is 21.6. The van der Waals surface area contributed by atoms with Gasteiger partial charge in [-0.05, 0) is 122 Å². The van der Waals surface area contributed by atoms with E-state index in [0.29, 0.717) is 24.4 Å². The Balaban J connectivity index is 2.07. The summed E-state index contributed by atoms with van der Waals surface area (Å²) in [5, 5.41) is 0. The highest BCUT2D eigenvalue weighted by atomic mass is 16.5. The summed E-state index contributed by atoms with van der Waals surface area (Å²) in [5.74, 6) is 0.611. The van der Waals surface area contributed by atoms with E-state index >= 15 is 0 Å². The lowest BCUT2D eigenvalue weighted by Gasteiger charge is -2.38. The third-order valence-corrected chi connectivity index (χ3v) is 8.49. The second-order valence-electron chi connectivity index (χ2n) is 12.9. The monoisotopic (exact) mass is 576 g/mol. The van der Waals surface area contributed by atoms with E-state index in [4.69, 9.17) is 4.74 Å². The first kappa shape index (κ1) is 37.7. The van der Waals surface area contributed by atoms with Gasteiger partial charge in [0.1, 0.15) is 6.61 Å².